The maximum Gasteiger partial charge on any atom is 0.385 e. The van der Waals surface area contributed by atoms with Gasteiger partial charge in [0.15, 0.2) is 0 Å². The summed E-state index contributed by atoms with van der Waals surface area (Å²) >= 11 is 6.12. The molecule has 0 aliphatic heterocycles. The standard InChI is InChI=1S/C12H15ClN2O/c1-12(2,3)7-5-6-8(13)9-10(7)15(4)14-11(9)16/h5-6H,1-4H3,(H,14,16)/p+1. The van der Waals surface area contributed by atoms with Gasteiger partial charge in [-0.2, -0.15) is 0 Å². The number of rotatable bonds is 0. The van der Waals surface area contributed by atoms with Crippen LogP contribution in [0, 0.1) is 0 Å². The third kappa shape index (κ3) is 1.55. The molecule has 2 aromatic rings. The predicted molar refractivity (Wildman–Crippen MR) is 67.5 cm³/mol. The summed E-state index contributed by atoms with van der Waals surface area (Å²) in [5.41, 5.74) is 2.15. The third-order valence-electron chi connectivity index (χ3n) is 2.75. The highest BCUT2D eigenvalue weighted by Gasteiger charge is 2.24. The molecule has 3 nitrogen and oxygen atoms in total. The van der Waals surface area contributed by atoms with Crippen molar-refractivity contribution in [2.45, 2.75) is 26.2 Å². The molecule has 1 aromatic heterocycles. The minimum Gasteiger partial charge on any atom is -0.577 e. The van der Waals surface area contributed by atoms with Crippen LogP contribution >= 0.6 is 11.6 Å². The normalized spacial score (nSPS) is 12.3. The van der Waals surface area contributed by atoms with Gasteiger partial charge in [-0.25, -0.2) is 0 Å². The molecule has 0 amide bonds. The average Bonchev–Trinajstić information content (AvgIpc) is 2.42. The Kier molecular flexibility index (Phi) is 2.39. The van der Waals surface area contributed by atoms with Crippen LogP contribution in [0.4, 0.5) is 0 Å². The molecular formula is C12H16ClN2O+. The van der Waals surface area contributed by atoms with E-state index < -0.39 is 0 Å². The molecule has 2 N–H and O–H groups in total. The SMILES string of the molecule is Cn1nc([OH2+])c2c(Cl)ccc(C(C)(C)C)c21. The van der Waals surface area contributed by atoms with E-state index in [9.17, 15) is 0 Å². The smallest absolute Gasteiger partial charge is 0.385 e. The van der Waals surface area contributed by atoms with Crippen molar-refractivity contribution >= 4 is 22.5 Å². The lowest BCUT2D eigenvalue weighted by Crippen LogP contribution is -2.13. The number of nitrogens with zero attached hydrogens (tertiary/aromatic N) is 2. The first-order valence-electron chi connectivity index (χ1n) is 5.19. The summed E-state index contributed by atoms with van der Waals surface area (Å²) in [4.78, 5) is 0. The van der Waals surface area contributed by atoms with Crippen LogP contribution in [-0.2, 0) is 12.5 Å². The molecule has 86 valence electrons. The van der Waals surface area contributed by atoms with Crippen LogP contribution in [0.3, 0.4) is 0 Å². The number of fused-ring (bicyclic) bond motifs is 1. The van der Waals surface area contributed by atoms with Crippen molar-refractivity contribution in [1.29, 1.82) is 0 Å². The summed E-state index contributed by atoms with van der Waals surface area (Å²) < 4.78 is 1.74. The van der Waals surface area contributed by atoms with Crippen LogP contribution in [-0.4, -0.2) is 14.9 Å². The van der Waals surface area contributed by atoms with E-state index in [0.717, 1.165) is 10.9 Å². The first kappa shape index (κ1) is 11.3. The Morgan fingerprint density at radius 2 is 1.94 bits per heavy atom. The second-order valence-corrected chi connectivity index (χ2v) is 5.45. The van der Waals surface area contributed by atoms with Gasteiger partial charge >= 0.3 is 5.88 Å². The Morgan fingerprint density at radius 1 is 1.31 bits per heavy atom. The lowest BCUT2D eigenvalue weighted by atomic mass is 9.85. The van der Waals surface area contributed by atoms with Crippen LogP contribution in [0.15, 0.2) is 12.1 Å². The van der Waals surface area contributed by atoms with Crippen molar-refractivity contribution < 1.29 is 5.11 Å². The Morgan fingerprint density at radius 3 is 2.50 bits per heavy atom. The summed E-state index contributed by atoms with van der Waals surface area (Å²) in [6.45, 7) is 6.44. The first-order chi connectivity index (χ1) is 7.32. The lowest BCUT2D eigenvalue weighted by Gasteiger charge is -2.20. The highest BCUT2D eigenvalue weighted by molar-refractivity contribution is 6.36. The summed E-state index contributed by atoms with van der Waals surface area (Å²) in [7, 11) is 1.85. The molecule has 1 heterocycles. The molecule has 1 aromatic carbocycles. The molecule has 0 aliphatic rings. The minimum absolute atomic E-state index is 0.0169. The van der Waals surface area contributed by atoms with Gasteiger partial charge < -0.3 is 5.11 Å². The molecule has 0 fully saturated rings. The molecule has 0 spiro atoms. The zero-order chi connectivity index (χ0) is 12.1. The maximum atomic E-state index is 7.81. The third-order valence-corrected chi connectivity index (χ3v) is 3.06. The number of benzene rings is 1. The first-order valence-corrected chi connectivity index (χ1v) is 5.57. The summed E-state index contributed by atoms with van der Waals surface area (Å²) in [5.74, 6) is 0.244. The second kappa shape index (κ2) is 3.39. The van der Waals surface area contributed by atoms with Gasteiger partial charge in [-0.05, 0) is 17.0 Å². The Hall–Kier alpha value is -1.22. The molecule has 0 aliphatic carbocycles. The molecule has 0 saturated carbocycles. The molecule has 4 heteroatoms. The number of hydrogen-bond acceptors (Lipinski definition) is 1. The molecule has 0 atom stereocenters. The lowest BCUT2D eigenvalue weighted by molar-refractivity contribution is 0.449. The van der Waals surface area contributed by atoms with Crippen molar-refractivity contribution in [2.75, 3.05) is 0 Å². The van der Waals surface area contributed by atoms with Gasteiger partial charge in [0.2, 0.25) is 0 Å². The van der Waals surface area contributed by atoms with Gasteiger partial charge in [-0.3, -0.25) is 4.68 Å². The fraction of sp³-hybridized carbons (Fsp3) is 0.417. The van der Waals surface area contributed by atoms with E-state index >= 15 is 0 Å². The number of halogens is 1. The van der Waals surface area contributed by atoms with Gasteiger partial charge in [0.25, 0.3) is 0 Å². The molecule has 2 rings (SSSR count). The van der Waals surface area contributed by atoms with E-state index in [4.69, 9.17) is 16.7 Å². The van der Waals surface area contributed by atoms with Crippen molar-refractivity contribution in [3.05, 3.63) is 22.7 Å². The van der Waals surface area contributed by atoms with E-state index in [-0.39, 0.29) is 11.3 Å². The van der Waals surface area contributed by atoms with E-state index in [1.807, 2.05) is 19.2 Å². The monoisotopic (exact) mass is 239 g/mol. The minimum atomic E-state index is 0.0169. The zero-order valence-electron chi connectivity index (χ0n) is 9.93. The Balaban J connectivity index is 2.94. The molecule has 0 bridgehead atoms. The molecule has 0 unspecified atom stereocenters. The van der Waals surface area contributed by atoms with Crippen LogP contribution in [0.2, 0.25) is 5.02 Å². The summed E-state index contributed by atoms with van der Waals surface area (Å²) in [6, 6.07) is 3.87. The van der Waals surface area contributed by atoms with Crippen molar-refractivity contribution in [2.24, 2.45) is 7.05 Å². The van der Waals surface area contributed by atoms with Gasteiger partial charge in [0, 0.05) is 7.05 Å². The summed E-state index contributed by atoms with van der Waals surface area (Å²) in [6.07, 6.45) is 0. The number of aryl methyl sites for hydroxylation is 1. The van der Waals surface area contributed by atoms with Crippen molar-refractivity contribution in [3.8, 4) is 5.88 Å². The van der Waals surface area contributed by atoms with Crippen LogP contribution in [0.1, 0.15) is 26.3 Å². The van der Waals surface area contributed by atoms with Crippen molar-refractivity contribution in [3.63, 3.8) is 0 Å². The van der Waals surface area contributed by atoms with E-state index in [1.54, 1.807) is 4.68 Å². The fourth-order valence-corrected chi connectivity index (χ4v) is 2.23. The number of aromatic nitrogens is 2. The van der Waals surface area contributed by atoms with E-state index in [2.05, 4.69) is 25.9 Å². The molecular weight excluding hydrogens is 224 g/mol. The van der Waals surface area contributed by atoms with Crippen LogP contribution < -0.4 is 0 Å². The van der Waals surface area contributed by atoms with Gasteiger partial charge in [0.05, 0.1) is 10.5 Å². The van der Waals surface area contributed by atoms with Crippen LogP contribution in [0.5, 0.6) is 5.88 Å². The highest BCUT2D eigenvalue weighted by atomic mass is 35.5. The van der Waals surface area contributed by atoms with Gasteiger partial charge in [0.1, 0.15) is 5.39 Å². The van der Waals surface area contributed by atoms with E-state index in [0.29, 0.717) is 5.02 Å². The largest absolute Gasteiger partial charge is 0.577 e. The highest BCUT2D eigenvalue weighted by Crippen LogP contribution is 2.37. The van der Waals surface area contributed by atoms with Crippen molar-refractivity contribution in [1.82, 2.24) is 9.78 Å². The quantitative estimate of drug-likeness (QED) is 0.652. The molecule has 0 saturated heterocycles. The molecule has 0 radical (unpaired) electrons. The second-order valence-electron chi connectivity index (χ2n) is 5.04. The zero-order valence-corrected chi connectivity index (χ0v) is 10.7. The van der Waals surface area contributed by atoms with E-state index in [1.165, 1.54) is 5.56 Å². The maximum absolute atomic E-state index is 7.81. The topological polar surface area (TPSA) is 40.7 Å². The number of hydrogen-bond donors (Lipinski definition) is 0. The van der Waals surface area contributed by atoms with Gasteiger partial charge in [-0.1, -0.05) is 43.5 Å². The predicted octanol–water partition coefficient (Wildman–Crippen LogP) is 2.96. The Labute approximate surface area is 99.6 Å². The Bertz CT molecular complexity index is 552. The fourth-order valence-electron chi connectivity index (χ4n) is 1.98. The molecule has 16 heavy (non-hydrogen) atoms. The summed E-state index contributed by atoms with van der Waals surface area (Å²) in [5, 5.41) is 13.3. The van der Waals surface area contributed by atoms with Gasteiger partial charge in [-0.15, -0.1) is 0 Å². The van der Waals surface area contributed by atoms with Crippen LogP contribution in [0.25, 0.3) is 10.9 Å². The average molecular weight is 240 g/mol.